The summed E-state index contributed by atoms with van der Waals surface area (Å²) in [5.41, 5.74) is 0.801. The molecule has 0 N–H and O–H groups in total. The van der Waals surface area contributed by atoms with E-state index in [1.54, 1.807) is 0 Å². The zero-order valence-corrected chi connectivity index (χ0v) is 12.7. The third-order valence-electron chi connectivity index (χ3n) is 3.21. The first-order valence-electron chi connectivity index (χ1n) is 6.31. The molecular formula is C14H18INO2. The van der Waals surface area contributed by atoms with Crippen LogP contribution in [0.25, 0.3) is 0 Å². The molecule has 1 saturated heterocycles. The standard InChI is InChI=1S/C14H18INO2/c1-2-13-9-16(7-8-18-13)10-14(17)11-3-5-12(15)6-4-11/h3-6,13H,2,7-10H2,1H3. The minimum atomic E-state index is 0.197. The van der Waals surface area contributed by atoms with Crippen molar-refractivity contribution in [3.63, 3.8) is 0 Å². The van der Waals surface area contributed by atoms with Crippen molar-refractivity contribution < 1.29 is 9.53 Å². The second-order valence-electron chi connectivity index (χ2n) is 4.57. The second-order valence-corrected chi connectivity index (χ2v) is 5.81. The smallest absolute Gasteiger partial charge is 0.176 e. The van der Waals surface area contributed by atoms with Gasteiger partial charge in [0, 0.05) is 22.2 Å². The van der Waals surface area contributed by atoms with Gasteiger partial charge < -0.3 is 4.74 Å². The molecule has 1 heterocycles. The number of ketones is 1. The van der Waals surface area contributed by atoms with Gasteiger partial charge in [0.25, 0.3) is 0 Å². The number of ether oxygens (including phenoxy) is 1. The number of hydrogen-bond donors (Lipinski definition) is 0. The Hall–Kier alpha value is -0.460. The minimum absolute atomic E-state index is 0.197. The molecule has 1 unspecified atom stereocenters. The average Bonchev–Trinajstić information content (AvgIpc) is 2.39. The summed E-state index contributed by atoms with van der Waals surface area (Å²) in [6.45, 7) is 5.08. The number of nitrogens with zero attached hydrogens (tertiary/aromatic N) is 1. The number of carbonyl (C=O) groups is 1. The summed E-state index contributed by atoms with van der Waals surface area (Å²) in [4.78, 5) is 14.3. The summed E-state index contributed by atoms with van der Waals surface area (Å²) >= 11 is 2.24. The van der Waals surface area contributed by atoms with Crippen LogP contribution in [0.4, 0.5) is 0 Å². The van der Waals surface area contributed by atoms with Crippen molar-refractivity contribution in [2.24, 2.45) is 0 Å². The molecule has 1 fully saturated rings. The number of rotatable bonds is 4. The first-order chi connectivity index (χ1) is 8.69. The molecule has 0 aliphatic carbocycles. The number of morpholine rings is 1. The van der Waals surface area contributed by atoms with Crippen LogP contribution in [0.1, 0.15) is 23.7 Å². The lowest BCUT2D eigenvalue weighted by Gasteiger charge is -2.31. The van der Waals surface area contributed by atoms with E-state index in [9.17, 15) is 4.79 Å². The van der Waals surface area contributed by atoms with Gasteiger partial charge in [-0.15, -0.1) is 0 Å². The Bertz CT molecular complexity index is 405. The van der Waals surface area contributed by atoms with Gasteiger partial charge in [0.2, 0.25) is 0 Å². The highest BCUT2D eigenvalue weighted by atomic mass is 127. The molecule has 0 aromatic heterocycles. The van der Waals surface area contributed by atoms with Crippen LogP contribution in [0.15, 0.2) is 24.3 Å². The highest BCUT2D eigenvalue weighted by molar-refractivity contribution is 14.1. The van der Waals surface area contributed by atoms with Crippen LogP contribution in [0, 0.1) is 3.57 Å². The van der Waals surface area contributed by atoms with Crippen LogP contribution in [0.5, 0.6) is 0 Å². The largest absolute Gasteiger partial charge is 0.376 e. The minimum Gasteiger partial charge on any atom is -0.376 e. The number of hydrogen-bond acceptors (Lipinski definition) is 3. The summed E-state index contributed by atoms with van der Waals surface area (Å²) in [5.74, 6) is 0.197. The van der Waals surface area contributed by atoms with Gasteiger partial charge in [-0.2, -0.15) is 0 Å². The Kier molecular flexibility index (Phi) is 5.14. The quantitative estimate of drug-likeness (QED) is 0.612. The lowest BCUT2D eigenvalue weighted by atomic mass is 10.1. The van der Waals surface area contributed by atoms with Crippen molar-refractivity contribution >= 4 is 28.4 Å². The molecule has 0 bridgehead atoms. The van der Waals surface area contributed by atoms with Crippen molar-refractivity contribution in [3.05, 3.63) is 33.4 Å². The molecule has 0 radical (unpaired) electrons. The summed E-state index contributed by atoms with van der Waals surface area (Å²) in [5, 5.41) is 0. The maximum Gasteiger partial charge on any atom is 0.176 e. The summed E-state index contributed by atoms with van der Waals surface area (Å²) < 4.78 is 6.76. The van der Waals surface area contributed by atoms with E-state index in [0.717, 1.165) is 35.3 Å². The fraction of sp³-hybridized carbons (Fsp3) is 0.500. The van der Waals surface area contributed by atoms with E-state index in [0.29, 0.717) is 6.54 Å². The van der Waals surface area contributed by atoms with Crippen molar-refractivity contribution in [1.29, 1.82) is 0 Å². The van der Waals surface area contributed by atoms with E-state index >= 15 is 0 Å². The zero-order valence-electron chi connectivity index (χ0n) is 10.6. The van der Waals surface area contributed by atoms with Gasteiger partial charge in [-0.3, -0.25) is 9.69 Å². The number of Topliss-reactive ketones (excluding diaryl/α,β-unsaturated/α-hetero) is 1. The number of halogens is 1. The van der Waals surface area contributed by atoms with Crippen LogP contribution in [-0.2, 0) is 4.74 Å². The van der Waals surface area contributed by atoms with Crippen molar-refractivity contribution in [2.75, 3.05) is 26.2 Å². The SMILES string of the molecule is CCC1CN(CC(=O)c2ccc(I)cc2)CCO1. The van der Waals surface area contributed by atoms with Gasteiger partial charge in [-0.1, -0.05) is 19.1 Å². The molecule has 3 nitrogen and oxygen atoms in total. The molecule has 18 heavy (non-hydrogen) atoms. The molecule has 2 rings (SSSR count). The van der Waals surface area contributed by atoms with E-state index < -0.39 is 0 Å². The Balaban J connectivity index is 1.92. The molecule has 1 aromatic carbocycles. The molecule has 1 aromatic rings. The summed E-state index contributed by atoms with van der Waals surface area (Å²) in [6, 6.07) is 7.76. The number of carbonyl (C=O) groups excluding carboxylic acids is 1. The Morgan fingerprint density at radius 1 is 1.44 bits per heavy atom. The summed E-state index contributed by atoms with van der Waals surface area (Å²) in [7, 11) is 0. The third-order valence-corrected chi connectivity index (χ3v) is 3.93. The Morgan fingerprint density at radius 2 is 2.17 bits per heavy atom. The lowest BCUT2D eigenvalue weighted by molar-refractivity contribution is -0.0271. The fourth-order valence-electron chi connectivity index (χ4n) is 2.10. The Labute approximate surface area is 122 Å². The molecule has 1 aliphatic heterocycles. The molecule has 98 valence electrons. The molecule has 4 heteroatoms. The normalized spacial score (nSPS) is 20.9. The molecular weight excluding hydrogens is 341 g/mol. The molecule has 0 spiro atoms. The van der Waals surface area contributed by atoms with Crippen molar-refractivity contribution in [1.82, 2.24) is 4.90 Å². The molecule has 1 atom stereocenters. The van der Waals surface area contributed by atoms with Crippen LogP contribution in [0.2, 0.25) is 0 Å². The van der Waals surface area contributed by atoms with E-state index in [2.05, 4.69) is 34.4 Å². The van der Waals surface area contributed by atoms with E-state index in [1.807, 2.05) is 24.3 Å². The first kappa shape index (κ1) is 14.0. The van der Waals surface area contributed by atoms with Crippen LogP contribution in [0.3, 0.4) is 0 Å². The van der Waals surface area contributed by atoms with Gasteiger partial charge >= 0.3 is 0 Å². The molecule has 1 aliphatic rings. The predicted octanol–water partition coefficient (Wildman–Crippen LogP) is 2.58. The summed E-state index contributed by atoms with van der Waals surface area (Å²) in [6.07, 6.45) is 1.29. The van der Waals surface area contributed by atoms with Crippen LogP contribution >= 0.6 is 22.6 Å². The van der Waals surface area contributed by atoms with E-state index in [1.165, 1.54) is 0 Å². The second kappa shape index (κ2) is 6.63. The van der Waals surface area contributed by atoms with Gasteiger partial charge in [0.05, 0.1) is 19.3 Å². The highest BCUT2D eigenvalue weighted by Gasteiger charge is 2.21. The van der Waals surface area contributed by atoms with Crippen LogP contribution < -0.4 is 0 Å². The van der Waals surface area contributed by atoms with Gasteiger partial charge in [0.1, 0.15) is 0 Å². The highest BCUT2D eigenvalue weighted by Crippen LogP contribution is 2.11. The van der Waals surface area contributed by atoms with Crippen molar-refractivity contribution in [2.45, 2.75) is 19.4 Å². The van der Waals surface area contributed by atoms with Gasteiger partial charge in [-0.05, 0) is 41.1 Å². The van der Waals surface area contributed by atoms with Crippen LogP contribution in [-0.4, -0.2) is 43.0 Å². The van der Waals surface area contributed by atoms with Gasteiger partial charge in [-0.25, -0.2) is 0 Å². The first-order valence-corrected chi connectivity index (χ1v) is 7.39. The monoisotopic (exact) mass is 359 g/mol. The van der Waals surface area contributed by atoms with E-state index in [-0.39, 0.29) is 11.9 Å². The van der Waals surface area contributed by atoms with Gasteiger partial charge in [0.15, 0.2) is 5.78 Å². The topological polar surface area (TPSA) is 29.5 Å². The Morgan fingerprint density at radius 3 is 2.83 bits per heavy atom. The zero-order chi connectivity index (χ0) is 13.0. The van der Waals surface area contributed by atoms with Crippen molar-refractivity contribution in [3.8, 4) is 0 Å². The molecule has 0 amide bonds. The third kappa shape index (κ3) is 3.76. The average molecular weight is 359 g/mol. The maximum atomic E-state index is 12.1. The maximum absolute atomic E-state index is 12.1. The lowest BCUT2D eigenvalue weighted by Crippen LogP contribution is -2.44. The predicted molar refractivity (Wildman–Crippen MR) is 80.0 cm³/mol. The number of benzene rings is 1. The molecule has 0 saturated carbocycles. The van der Waals surface area contributed by atoms with E-state index in [4.69, 9.17) is 4.74 Å². The fourth-order valence-corrected chi connectivity index (χ4v) is 2.46.